The Bertz CT molecular complexity index is 843. The third kappa shape index (κ3) is 5.47. The van der Waals surface area contributed by atoms with Gasteiger partial charge in [0.05, 0.1) is 4.90 Å². The van der Waals surface area contributed by atoms with Crippen LogP contribution in [0, 0.1) is 0 Å². The van der Waals surface area contributed by atoms with Crippen LogP contribution in [0.4, 0.5) is 0 Å². The molecule has 0 saturated carbocycles. The molecule has 6 heteroatoms. The maximum atomic E-state index is 12.7. The molecule has 0 atom stereocenters. The van der Waals surface area contributed by atoms with E-state index < -0.39 is 10.0 Å². The summed E-state index contributed by atoms with van der Waals surface area (Å²) in [4.78, 5) is 16.5. The van der Waals surface area contributed by atoms with Crippen molar-refractivity contribution >= 4 is 15.8 Å². The third-order valence-corrected chi connectivity index (χ3v) is 6.90. The molecule has 27 heavy (non-hydrogen) atoms. The van der Waals surface area contributed by atoms with E-state index in [1.165, 1.54) is 0 Å². The van der Waals surface area contributed by atoms with Crippen LogP contribution < -0.4 is 0 Å². The smallest absolute Gasteiger partial charge is 0.243 e. The maximum Gasteiger partial charge on any atom is 0.243 e. The first-order valence-electron chi connectivity index (χ1n) is 9.55. The largest absolute Gasteiger partial charge is 0.300 e. The number of carbonyl (C=O) groups excluding carboxylic acids is 1. The summed E-state index contributed by atoms with van der Waals surface area (Å²) in [6, 6.07) is 10.8. The summed E-state index contributed by atoms with van der Waals surface area (Å²) in [5, 5.41) is 0. The number of hydrogen-bond donors (Lipinski definition) is 0. The van der Waals surface area contributed by atoms with Gasteiger partial charge in [-0.25, -0.2) is 8.42 Å². The summed E-state index contributed by atoms with van der Waals surface area (Å²) in [5.74, 6) is 0.212. The number of ketones is 1. The Balaban J connectivity index is 1.50. The molecule has 2 aromatic rings. The predicted molar refractivity (Wildman–Crippen MR) is 105 cm³/mol. The van der Waals surface area contributed by atoms with Gasteiger partial charge in [0.2, 0.25) is 10.0 Å². The fourth-order valence-electron chi connectivity index (χ4n) is 3.32. The molecular formula is C21H26N2O3S. The van der Waals surface area contributed by atoms with Gasteiger partial charge >= 0.3 is 0 Å². The lowest BCUT2D eigenvalue weighted by Crippen LogP contribution is -2.35. The van der Waals surface area contributed by atoms with E-state index in [-0.39, 0.29) is 5.78 Å². The Hall–Kier alpha value is -2.05. The SMILES string of the molecule is O=C(CCc1ccc(S(=O)(=O)N2CCCCC2)cc1)CCc1cccnc1. The lowest BCUT2D eigenvalue weighted by atomic mass is 10.0. The highest BCUT2D eigenvalue weighted by Gasteiger charge is 2.25. The zero-order chi connectivity index (χ0) is 19.1. The summed E-state index contributed by atoms with van der Waals surface area (Å²) in [7, 11) is -3.39. The van der Waals surface area contributed by atoms with E-state index in [1.807, 2.05) is 24.3 Å². The van der Waals surface area contributed by atoms with Crippen LogP contribution in [-0.2, 0) is 27.7 Å². The van der Waals surface area contributed by atoms with E-state index in [1.54, 1.807) is 28.8 Å². The molecule has 1 aliphatic heterocycles. The number of rotatable bonds is 8. The van der Waals surface area contributed by atoms with Gasteiger partial charge in [-0.05, 0) is 55.0 Å². The normalized spacial score (nSPS) is 15.6. The van der Waals surface area contributed by atoms with E-state index in [4.69, 9.17) is 0 Å². The van der Waals surface area contributed by atoms with Crippen molar-refractivity contribution in [2.24, 2.45) is 0 Å². The first kappa shape index (κ1) is 19.7. The van der Waals surface area contributed by atoms with Crippen LogP contribution in [-0.4, -0.2) is 36.6 Å². The van der Waals surface area contributed by atoms with Crippen LogP contribution in [0.5, 0.6) is 0 Å². The first-order valence-corrected chi connectivity index (χ1v) is 11.0. The molecular weight excluding hydrogens is 360 g/mol. The molecule has 1 fully saturated rings. The highest BCUT2D eigenvalue weighted by molar-refractivity contribution is 7.89. The topological polar surface area (TPSA) is 67.3 Å². The molecule has 5 nitrogen and oxygen atoms in total. The summed E-state index contributed by atoms with van der Waals surface area (Å²) < 4.78 is 26.9. The minimum atomic E-state index is -3.39. The Morgan fingerprint density at radius 1 is 0.926 bits per heavy atom. The van der Waals surface area contributed by atoms with Crippen molar-refractivity contribution in [2.45, 2.75) is 49.8 Å². The van der Waals surface area contributed by atoms with E-state index >= 15 is 0 Å². The number of benzene rings is 1. The number of sulfonamides is 1. The standard InChI is InChI=1S/C21H26N2O3S/c24-20(11-7-19-5-4-14-22-17-19)10-6-18-8-12-21(13-9-18)27(25,26)23-15-2-1-3-16-23/h4-5,8-9,12-14,17H,1-3,6-7,10-11,15-16H2. The van der Waals surface area contributed by atoms with Gasteiger partial charge in [0, 0.05) is 38.3 Å². The fourth-order valence-corrected chi connectivity index (χ4v) is 4.84. The minimum Gasteiger partial charge on any atom is -0.300 e. The summed E-state index contributed by atoms with van der Waals surface area (Å²) >= 11 is 0. The minimum absolute atomic E-state index is 0.212. The molecule has 0 amide bonds. The molecule has 1 aromatic carbocycles. The average molecular weight is 387 g/mol. The van der Waals surface area contributed by atoms with E-state index in [2.05, 4.69) is 4.98 Å². The van der Waals surface area contributed by atoms with E-state index in [9.17, 15) is 13.2 Å². The van der Waals surface area contributed by atoms with E-state index in [0.29, 0.717) is 43.7 Å². The van der Waals surface area contributed by atoms with Gasteiger partial charge < -0.3 is 0 Å². The number of aromatic nitrogens is 1. The number of pyridine rings is 1. The summed E-state index contributed by atoms with van der Waals surface area (Å²) in [6.07, 6.45) is 8.78. The molecule has 0 spiro atoms. The third-order valence-electron chi connectivity index (χ3n) is 4.98. The first-order chi connectivity index (χ1) is 13.1. The highest BCUT2D eigenvalue weighted by Crippen LogP contribution is 2.21. The Labute approximate surface area is 161 Å². The van der Waals surface area contributed by atoms with Crippen LogP contribution >= 0.6 is 0 Å². The Morgan fingerprint density at radius 2 is 1.59 bits per heavy atom. The number of nitrogens with zero attached hydrogens (tertiary/aromatic N) is 2. The van der Waals surface area contributed by atoms with Gasteiger partial charge in [-0.2, -0.15) is 4.31 Å². The zero-order valence-electron chi connectivity index (χ0n) is 15.5. The van der Waals surface area contributed by atoms with Crippen molar-refractivity contribution in [3.8, 4) is 0 Å². The van der Waals surface area contributed by atoms with Crippen LogP contribution in [0.3, 0.4) is 0 Å². The number of Topliss-reactive ketones (excluding diaryl/α,β-unsaturated/α-hetero) is 1. The number of hydrogen-bond acceptors (Lipinski definition) is 4. The number of aryl methyl sites for hydroxylation is 2. The fraction of sp³-hybridized carbons (Fsp3) is 0.429. The van der Waals surface area contributed by atoms with Crippen molar-refractivity contribution in [3.63, 3.8) is 0 Å². The Morgan fingerprint density at radius 3 is 2.22 bits per heavy atom. The molecule has 1 saturated heterocycles. The molecule has 1 aromatic heterocycles. The molecule has 0 N–H and O–H groups in total. The summed E-state index contributed by atoms with van der Waals surface area (Å²) in [6.45, 7) is 1.21. The lowest BCUT2D eigenvalue weighted by Gasteiger charge is -2.25. The molecule has 2 heterocycles. The van der Waals surface area contributed by atoms with Crippen molar-refractivity contribution in [1.29, 1.82) is 0 Å². The quantitative estimate of drug-likeness (QED) is 0.697. The summed E-state index contributed by atoms with van der Waals surface area (Å²) in [5.41, 5.74) is 2.06. The monoisotopic (exact) mass is 386 g/mol. The van der Waals surface area contributed by atoms with Crippen LogP contribution in [0.15, 0.2) is 53.7 Å². The number of piperidine rings is 1. The molecule has 144 valence electrons. The van der Waals surface area contributed by atoms with Gasteiger partial charge in [-0.1, -0.05) is 24.6 Å². The zero-order valence-corrected chi connectivity index (χ0v) is 16.3. The van der Waals surface area contributed by atoms with Crippen LogP contribution in [0.1, 0.15) is 43.2 Å². The van der Waals surface area contributed by atoms with E-state index in [0.717, 1.165) is 30.4 Å². The molecule has 1 aliphatic rings. The van der Waals surface area contributed by atoms with Crippen molar-refractivity contribution in [2.75, 3.05) is 13.1 Å². The van der Waals surface area contributed by atoms with Crippen LogP contribution in [0.25, 0.3) is 0 Å². The van der Waals surface area contributed by atoms with Gasteiger partial charge in [0.15, 0.2) is 0 Å². The van der Waals surface area contributed by atoms with Gasteiger partial charge in [-0.3, -0.25) is 9.78 Å². The second-order valence-corrected chi connectivity index (χ2v) is 8.95. The van der Waals surface area contributed by atoms with Crippen molar-refractivity contribution in [3.05, 3.63) is 59.9 Å². The molecule has 0 unspecified atom stereocenters. The van der Waals surface area contributed by atoms with Crippen molar-refractivity contribution < 1.29 is 13.2 Å². The predicted octanol–water partition coefficient (Wildman–Crippen LogP) is 3.39. The van der Waals surface area contributed by atoms with Gasteiger partial charge in [-0.15, -0.1) is 0 Å². The average Bonchev–Trinajstić information content (AvgIpc) is 2.72. The second kappa shape index (κ2) is 9.24. The molecule has 0 bridgehead atoms. The van der Waals surface area contributed by atoms with Crippen molar-refractivity contribution in [1.82, 2.24) is 9.29 Å². The second-order valence-electron chi connectivity index (χ2n) is 7.01. The van der Waals surface area contributed by atoms with Gasteiger partial charge in [0.25, 0.3) is 0 Å². The highest BCUT2D eigenvalue weighted by atomic mass is 32.2. The Kier molecular flexibility index (Phi) is 6.74. The molecule has 0 aliphatic carbocycles. The lowest BCUT2D eigenvalue weighted by molar-refractivity contribution is -0.119. The molecule has 3 rings (SSSR count). The molecule has 0 radical (unpaired) electrons. The number of carbonyl (C=O) groups is 1. The van der Waals surface area contributed by atoms with Gasteiger partial charge in [0.1, 0.15) is 5.78 Å². The van der Waals surface area contributed by atoms with Crippen LogP contribution in [0.2, 0.25) is 0 Å². The maximum absolute atomic E-state index is 12.7.